The average molecular weight is 372 g/mol. The maximum atomic E-state index is 12.4. The third-order valence-electron chi connectivity index (χ3n) is 3.91. The van der Waals surface area contributed by atoms with Crippen molar-refractivity contribution in [1.82, 2.24) is 9.80 Å². The number of carbonyl (C=O) groups excluding carboxylic acids is 1. The van der Waals surface area contributed by atoms with E-state index in [0.717, 1.165) is 35.3 Å². The van der Waals surface area contributed by atoms with Gasteiger partial charge in [-0.25, -0.2) is 0 Å². The highest BCUT2D eigenvalue weighted by Crippen LogP contribution is 2.13. The van der Waals surface area contributed by atoms with Gasteiger partial charge in [0.15, 0.2) is 0 Å². The van der Waals surface area contributed by atoms with Crippen LogP contribution in [0.2, 0.25) is 0 Å². The van der Waals surface area contributed by atoms with Gasteiger partial charge in [0.25, 0.3) is 5.91 Å². The molecule has 0 radical (unpaired) electrons. The summed E-state index contributed by atoms with van der Waals surface area (Å²) in [5.41, 5.74) is 0.803. The molecule has 0 N–H and O–H groups in total. The molecule has 0 spiro atoms. The van der Waals surface area contributed by atoms with Crippen molar-refractivity contribution >= 4 is 28.5 Å². The van der Waals surface area contributed by atoms with E-state index < -0.39 is 0 Å². The maximum absolute atomic E-state index is 12.4. The third kappa shape index (κ3) is 3.69. The van der Waals surface area contributed by atoms with Crippen molar-refractivity contribution in [3.63, 3.8) is 0 Å². The minimum absolute atomic E-state index is 0.167. The number of piperazine rings is 1. The van der Waals surface area contributed by atoms with Crippen LogP contribution in [-0.4, -0.2) is 47.9 Å². The smallest absolute Gasteiger partial charge is 0.253 e. The van der Waals surface area contributed by atoms with Crippen LogP contribution in [0.15, 0.2) is 24.3 Å². The maximum Gasteiger partial charge on any atom is 0.253 e. The Morgan fingerprint density at radius 3 is 2.32 bits per heavy atom. The lowest BCUT2D eigenvalue weighted by Crippen LogP contribution is -2.51. The van der Waals surface area contributed by atoms with Crippen molar-refractivity contribution in [1.29, 1.82) is 0 Å². The first-order valence-electron chi connectivity index (χ1n) is 6.90. The summed E-state index contributed by atoms with van der Waals surface area (Å²) in [7, 11) is 0. The summed E-state index contributed by atoms with van der Waals surface area (Å²) in [6.45, 7) is 8.14. The molecule has 1 amide bonds. The first-order chi connectivity index (χ1) is 9.11. The number of rotatable bonds is 3. The van der Waals surface area contributed by atoms with Gasteiger partial charge < -0.3 is 4.90 Å². The van der Waals surface area contributed by atoms with Gasteiger partial charge in [0.1, 0.15) is 0 Å². The molecule has 0 saturated carbocycles. The molecule has 1 aromatic rings. The van der Waals surface area contributed by atoms with E-state index in [9.17, 15) is 4.79 Å². The molecule has 0 bridgehead atoms. The lowest BCUT2D eigenvalue weighted by molar-refractivity contribution is 0.0579. The largest absolute Gasteiger partial charge is 0.336 e. The van der Waals surface area contributed by atoms with Gasteiger partial charge in [0.2, 0.25) is 0 Å². The average Bonchev–Trinajstić information content (AvgIpc) is 2.46. The van der Waals surface area contributed by atoms with Gasteiger partial charge in [-0.3, -0.25) is 9.69 Å². The molecule has 0 aliphatic carbocycles. The van der Waals surface area contributed by atoms with E-state index >= 15 is 0 Å². The molecule has 1 saturated heterocycles. The van der Waals surface area contributed by atoms with E-state index in [0.29, 0.717) is 6.04 Å². The molecule has 1 atom stereocenters. The molecule has 1 aromatic carbocycles. The van der Waals surface area contributed by atoms with Crippen molar-refractivity contribution in [2.75, 3.05) is 26.2 Å². The van der Waals surface area contributed by atoms with Gasteiger partial charge >= 0.3 is 0 Å². The Morgan fingerprint density at radius 1 is 1.21 bits per heavy atom. The first-order valence-corrected chi connectivity index (χ1v) is 7.98. The standard InChI is InChI=1S/C15H21IN2O/c1-3-12(2)17-8-10-18(11-9-17)15(19)13-4-6-14(16)7-5-13/h4-7,12H,3,8-11H2,1-2H3. The second-order valence-electron chi connectivity index (χ2n) is 5.09. The fourth-order valence-electron chi connectivity index (χ4n) is 2.40. The van der Waals surface area contributed by atoms with Gasteiger partial charge in [0.05, 0.1) is 0 Å². The Balaban J connectivity index is 1.94. The van der Waals surface area contributed by atoms with Crippen molar-refractivity contribution in [3.8, 4) is 0 Å². The molecule has 1 fully saturated rings. The predicted molar refractivity (Wildman–Crippen MR) is 86.4 cm³/mol. The summed E-state index contributed by atoms with van der Waals surface area (Å²) in [6.07, 6.45) is 1.17. The number of halogens is 1. The summed E-state index contributed by atoms with van der Waals surface area (Å²) in [5, 5.41) is 0. The molecular formula is C15H21IN2O. The second kappa shape index (κ2) is 6.70. The second-order valence-corrected chi connectivity index (χ2v) is 6.34. The minimum atomic E-state index is 0.167. The van der Waals surface area contributed by atoms with Crippen LogP contribution in [-0.2, 0) is 0 Å². The highest BCUT2D eigenvalue weighted by atomic mass is 127. The van der Waals surface area contributed by atoms with Crippen LogP contribution in [0.4, 0.5) is 0 Å². The highest BCUT2D eigenvalue weighted by Gasteiger charge is 2.23. The fourth-order valence-corrected chi connectivity index (χ4v) is 2.76. The van der Waals surface area contributed by atoms with Crippen molar-refractivity contribution < 1.29 is 4.79 Å². The lowest BCUT2D eigenvalue weighted by Gasteiger charge is -2.37. The van der Waals surface area contributed by atoms with Crippen LogP contribution in [0.1, 0.15) is 30.6 Å². The van der Waals surface area contributed by atoms with Crippen molar-refractivity contribution in [3.05, 3.63) is 33.4 Å². The van der Waals surface area contributed by atoms with Crippen molar-refractivity contribution in [2.45, 2.75) is 26.3 Å². The number of carbonyl (C=O) groups is 1. The Bertz CT molecular complexity index is 424. The van der Waals surface area contributed by atoms with E-state index in [1.165, 1.54) is 6.42 Å². The van der Waals surface area contributed by atoms with Gasteiger partial charge in [-0.2, -0.15) is 0 Å². The molecule has 104 valence electrons. The Kier molecular flexibility index (Phi) is 5.21. The summed E-state index contributed by atoms with van der Waals surface area (Å²) in [5.74, 6) is 0.167. The number of hydrogen-bond donors (Lipinski definition) is 0. The van der Waals surface area contributed by atoms with Crippen LogP contribution in [0.3, 0.4) is 0 Å². The van der Waals surface area contributed by atoms with E-state index in [1.54, 1.807) is 0 Å². The number of benzene rings is 1. The lowest BCUT2D eigenvalue weighted by atomic mass is 10.1. The predicted octanol–water partition coefficient (Wildman–Crippen LogP) is 2.85. The quantitative estimate of drug-likeness (QED) is 0.762. The van der Waals surface area contributed by atoms with Crippen LogP contribution in [0.5, 0.6) is 0 Å². The Hall–Kier alpha value is -0.620. The van der Waals surface area contributed by atoms with Crippen molar-refractivity contribution in [2.24, 2.45) is 0 Å². The van der Waals surface area contributed by atoms with Gasteiger partial charge in [-0.15, -0.1) is 0 Å². The third-order valence-corrected chi connectivity index (χ3v) is 4.63. The molecule has 0 aromatic heterocycles. The number of amides is 1. The summed E-state index contributed by atoms with van der Waals surface area (Å²) < 4.78 is 1.16. The fraction of sp³-hybridized carbons (Fsp3) is 0.533. The summed E-state index contributed by atoms with van der Waals surface area (Å²) in [4.78, 5) is 16.8. The molecule has 1 aliphatic rings. The molecule has 1 heterocycles. The van der Waals surface area contributed by atoms with E-state index in [4.69, 9.17) is 0 Å². The first kappa shape index (κ1) is 14.8. The molecule has 2 rings (SSSR count). The van der Waals surface area contributed by atoms with Gasteiger partial charge in [-0.1, -0.05) is 6.92 Å². The normalized spacial score (nSPS) is 18.4. The van der Waals surface area contributed by atoms with Gasteiger partial charge in [-0.05, 0) is 60.2 Å². The summed E-state index contributed by atoms with van der Waals surface area (Å²) in [6, 6.07) is 8.44. The molecule has 4 heteroatoms. The minimum Gasteiger partial charge on any atom is -0.336 e. The highest BCUT2D eigenvalue weighted by molar-refractivity contribution is 14.1. The number of nitrogens with zero attached hydrogens (tertiary/aromatic N) is 2. The van der Waals surface area contributed by atoms with E-state index in [-0.39, 0.29) is 5.91 Å². The molecule has 3 nitrogen and oxygen atoms in total. The topological polar surface area (TPSA) is 23.6 Å². The zero-order valence-electron chi connectivity index (χ0n) is 11.6. The summed E-state index contributed by atoms with van der Waals surface area (Å²) >= 11 is 2.26. The molecular weight excluding hydrogens is 351 g/mol. The van der Waals surface area contributed by atoms with Crippen LogP contribution in [0, 0.1) is 3.57 Å². The van der Waals surface area contributed by atoms with Crippen LogP contribution >= 0.6 is 22.6 Å². The van der Waals surface area contributed by atoms with Crippen LogP contribution in [0.25, 0.3) is 0 Å². The van der Waals surface area contributed by atoms with E-state index in [2.05, 4.69) is 41.3 Å². The van der Waals surface area contributed by atoms with Gasteiger partial charge in [0, 0.05) is 41.4 Å². The zero-order valence-corrected chi connectivity index (χ0v) is 13.8. The number of hydrogen-bond acceptors (Lipinski definition) is 2. The molecule has 19 heavy (non-hydrogen) atoms. The SMILES string of the molecule is CCC(C)N1CCN(C(=O)c2ccc(I)cc2)CC1. The Labute approximate surface area is 129 Å². The molecule has 1 unspecified atom stereocenters. The monoisotopic (exact) mass is 372 g/mol. The molecule has 1 aliphatic heterocycles. The van der Waals surface area contributed by atoms with Crippen LogP contribution < -0.4 is 0 Å². The van der Waals surface area contributed by atoms with E-state index in [1.807, 2.05) is 29.2 Å². The Morgan fingerprint density at radius 2 is 1.79 bits per heavy atom. The zero-order chi connectivity index (χ0) is 13.8.